The minimum absolute atomic E-state index is 0.219. The molecule has 0 atom stereocenters. The summed E-state index contributed by atoms with van der Waals surface area (Å²) in [6, 6.07) is 11.7. The third-order valence-corrected chi connectivity index (χ3v) is 5.10. The van der Waals surface area contributed by atoms with Crippen LogP contribution in [0.5, 0.6) is 5.75 Å². The normalized spacial score (nSPS) is 16.8. The van der Waals surface area contributed by atoms with Crippen LogP contribution >= 0.6 is 0 Å². The highest BCUT2D eigenvalue weighted by molar-refractivity contribution is 5.96. The van der Waals surface area contributed by atoms with Crippen LogP contribution in [0.25, 0.3) is 11.8 Å². The first-order valence-electron chi connectivity index (χ1n) is 10.3. The Morgan fingerprint density at radius 1 is 1.22 bits per heavy atom. The molecule has 1 aromatic heterocycles. The number of methoxy groups -OCH3 is 1. The van der Waals surface area contributed by atoms with Crippen LogP contribution in [0.3, 0.4) is 0 Å². The molecular formula is C24H25FN4O3. The van der Waals surface area contributed by atoms with E-state index >= 15 is 0 Å². The Labute approximate surface area is 186 Å². The van der Waals surface area contributed by atoms with Crippen molar-refractivity contribution in [3.8, 4) is 11.4 Å². The Kier molecular flexibility index (Phi) is 5.69. The van der Waals surface area contributed by atoms with Crippen LogP contribution < -0.4 is 4.74 Å². The van der Waals surface area contributed by atoms with E-state index in [-0.39, 0.29) is 17.5 Å². The Bertz CT molecular complexity index is 1170. The second kappa shape index (κ2) is 8.45. The summed E-state index contributed by atoms with van der Waals surface area (Å²) < 4.78 is 26.4. The van der Waals surface area contributed by atoms with Crippen LogP contribution in [0.1, 0.15) is 30.8 Å². The topological polar surface area (TPSA) is 69.5 Å². The molecule has 3 aromatic rings. The summed E-state index contributed by atoms with van der Waals surface area (Å²) >= 11 is 0. The highest BCUT2D eigenvalue weighted by Crippen LogP contribution is 2.29. The lowest BCUT2D eigenvalue weighted by Crippen LogP contribution is -2.49. The zero-order valence-corrected chi connectivity index (χ0v) is 18.5. The number of hydrogen-bond acceptors (Lipinski definition) is 5. The molecule has 1 aliphatic heterocycles. The Morgan fingerprint density at radius 2 is 1.97 bits per heavy atom. The Morgan fingerprint density at radius 3 is 2.62 bits per heavy atom. The summed E-state index contributed by atoms with van der Waals surface area (Å²) in [6.45, 7) is 6.47. The van der Waals surface area contributed by atoms with Crippen molar-refractivity contribution in [2.75, 3.05) is 13.7 Å². The molecule has 0 spiro atoms. The molecule has 2 aromatic carbocycles. The number of aromatic nitrogens is 3. The number of hydrogen-bond donors (Lipinski definition) is 0. The van der Waals surface area contributed by atoms with Gasteiger partial charge in [0.25, 0.3) is 5.91 Å². The summed E-state index contributed by atoms with van der Waals surface area (Å²) in [5.74, 6) is 0.970. The average molecular weight is 436 g/mol. The Hall–Kier alpha value is -3.68. The molecule has 1 aliphatic rings. The summed E-state index contributed by atoms with van der Waals surface area (Å²) in [7, 11) is 1.58. The van der Waals surface area contributed by atoms with Crippen molar-refractivity contribution < 1.29 is 18.7 Å². The number of amides is 1. The zero-order valence-electron chi connectivity index (χ0n) is 18.5. The van der Waals surface area contributed by atoms with Crippen molar-refractivity contribution in [1.82, 2.24) is 19.7 Å². The van der Waals surface area contributed by atoms with Crippen molar-refractivity contribution >= 4 is 12.0 Å². The van der Waals surface area contributed by atoms with Gasteiger partial charge in [-0.05, 0) is 62.2 Å². The molecule has 32 heavy (non-hydrogen) atoms. The number of halogens is 1. The highest BCUT2D eigenvalue weighted by Gasteiger charge is 2.36. The van der Waals surface area contributed by atoms with Gasteiger partial charge in [0, 0.05) is 6.54 Å². The van der Waals surface area contributed by atoms with Crippen molar-refractivity contribution in [3.05, 3.63) is 77.3 Å². The molecule has 166 valence electrons. The molecule has 0 N–H and O–H groups in total. The molecule has 8 heteroatoms. The number of rotatable bonds is 5. The number of aryl methyl sites for hydroxylation is 1. The van der Waals surface area contributed by atoms with E-state index in [4.69, 9.17) is 9.47 Å². The number of carbonyl (C=O) groups is 1. The molecule has 0 bridgehead atoms. The minimum atomic E-state index is -0.567. The fraction of sp³-hybridized carbons (Fsp3) is 0.292. The van der Waals surface area contributed by atoms with E-state index in [1.54, 1.807) is 41.2 Å². The quantitative estimate of drug-likeness (QED) is 0.568. The first kappa shape index (κ1) is 21.5. The molecule has 1 fully saturated rings. The summed E-state index contributed by atoms with van der Waals surface area (Å²) in [4.78, 5) is 19.0. The number of carbonyl (C=O) groups excluding carboxylic acids is 1. The van der Waals surface area contributed by atoms with Crippen LogP contribution in [-0.4, -0.2) is 44.8 Å². The average Bonchev–Trinajstić information content (AvgIpc) is 3.18. The second-order valence-corrected chi connectivity index (χ2v) is 8.33. The lowest BCUT2D eigenvalue weighted by Gasteiger charge is -2.39. The van der Waals surface area contributed by atoms with Gasteiger partial charge in [0.15, 0.2) is 5.76 Å². The van der Waals surface area contributed by atoms with Crippen molar-refractivity contribution in [1.29, 1.82) is 0 Å². The van der Waals surface area contributed by atoms with E-state index < -0.39 is 5.60 Å². The minimum Gasteiger partial charge on any atom is -0.494 e. The van der Waals surface area contributed by atoms with Crippen molar-refractivity contribution in [2.45, 2.75) is 32.9 Å². The molecule has 0 saturated carbocycles. The van der Waals surface area contributed by atoms with Crippen LogP contribution in [0.15, 0.2) is 54.6 Å². The van der Waals surface area contributed by atoms with Gasteiger partial charge < -0.3 is 14.4 Å². The zero-order chi connectivity index (χ0) is 22.9. The molecule has 0 aliphatic carbocycles. The van der Waals surface area contributed by atoms with E-state index in [1.165, 1.54) is 12.1 Å². The molecular weight excluding hydrogens is 411 g/mol. The largest absolute Gasteiger partial charge is 0.494 e. The first-order valence-corrected chi connectivity index (χ1v) is 10.3. The van der Waals surface area contributed by atoms with Gasteiger partial charge in [-0.1, -0.05) is 18.2 Å². The van der Waals surface area contributed by atoms with Crippen LogP contribution in [0.4, 0.5) is 4.39 Å². The first-order chi connectivity index (χ1) is 15.2. The predicted octanol–water partition coefficient (Wildman–Crippen LogP) is 3.90. The van der Waals surface area contributed by atoms with Gasteiger partial charge in [-0.2, -0.15) is 5.10 Å². The molecule has 1 saturated heterocycles. The lowest BCUT2D eigenvalue weighted by atomic mass is 10.0. The molecule has 0 unspecified atom stereocenters. The van der Waals surface area contributed by atoms with Gasteiger partial charge in [0.05, 0.1) is 13.7 Å². The Balaban J connectivity index is 1.62. The van der Waals surface area contributed by atoms with E-state index in [0.717, 1.165) is 16.8 Å². The lowest BCUT2D eigenvalue weighted by molar-refractivity contribution is -0.146. The highest BCUT2D eigenvalue weighted by atomic mass is 19.1. The SMILES string of the molecule is COc1cc(/C=C2\OC(C)(C)CN(Cc3ccc(F)cc3)C2=O)ccc1-n1cnc(C)n1. The van der Waals surface area contributed by atoms with Crippen molar-refractivity contribution in [2.24, 2.45) is 0 Å². The van der Waals surface area contributed by atoms with Gasteiger partial charge in [-0.15, -0.1) is 0 Å². The van der Waals surface area contributed by atoms with Crippen molar-refractivity contribution in [3.63, 3.8) is 0 Å². The van der Waals surface area contributed by atoms with E-state index in [1.807, 2.05) is 39.0 Å². The third-order valence-electron chi connectivity index (χ3n) is 5.10. The fourth-order valence-electron chi connectivity index (χ4n) is 3.68. The van der Waals surface area contributed by atoms with Crippen LogP contribution in [0, 0.1) is 12.7 Å². The number of benzene rings is 2. The third kappa shape index (κ3) is 4.64. The number of nitrogens with zero attached hydrogens (tertiary/aromatic N) is 4. The second-order valence-electron chi connectivity index (χ2n) is 8.33. The molecule has 1 amide bonds. The van der Waals surface area contributed by atoms with Gasteiger partial charge >= 0.3 is 0 Å². The molecule has 2 heterocycles. The van der Waals surface area contributed by atoms with E-state index in [0.29, 0.717) is 24.7 Å². The molecule has 0 radical (unpaired) electrons. The maximum Gasteiger partial charge on any atom is 0.289 e. The molecule has 4 rings (SSSR count). The summed E-state index contributed by atoms with van der Waals surface area (Å²) in [6.07, 6.45) is 3.33. The number of morpholine rings is 1. The smallest absolute Gasteiger partial charge is 0.289 e. The monoisotopic (exact) mass is 436 g/mol. The van der Waals surface area contributed by atoms with E-state index in [2.05, 4.69) is 10.1 Å². The van der Waals surface area contributed by atoms with Gasteiger partial charge in [0.2, 0.25) is 0 Å². The summed E-state index contributed by atoms with van der Waals surface area (Å²) in [5, 5.41) is 4.32. The van der Waals surface area contributed by atoms with Crippen LogP contribution in [0.2, 0.25) is 0 Å². The van der Waals surface area contributed by atoms with E-state index in [9.17, 15) is 9.18 Å². The summed E-state index contributed by atoms with van der Waals surface area (Å²) in [5.41, 5.74) is 1.78. The maximum atomic E-state index is 13.2. The molecule has 7 nitrogen and oxygen atoms in total. The fourth-order valence-corrected chi connectivity index (χ4v) is 3.68. The van der Waals surface area contributed by atoms with Gasteiger partial charge in [-0.3, -0.25) is 4.79 Å². The predicted molar refractivity (Wildman–Crippen MR) is 118 cm³/mol. The van der Waals surface area contributed by atoms with Gasteiger partial charge in [-0.25, -0.2) is 14.1 Å². The van der Waals surface area contributed by atoms with Gasteiger partial charge in [0.1, 0.15) is 35.0 Å². The van der Waals surface area contributed by atoms with Crippen LogP contribution in [-0.2, 0) is 16.1 Å². The maximum absolute atomic E-state index is 13.2. The number of ether oxygens (including phenoxy) is 2. The standard InChI is InChI=1S/C24H25FN4O3/c1-16-26-15-29(27-16)20-10-7-18(11-21(20)31-4)12-22-23(30)28(14-24(2,3)32-22)13-17-5-8-19(25)9-6-17/h5-12,15H,13-14H2,1-4H3/b22-12-.